The molecule has 50 valence electrons. The average Bonchev–Trinajstić information content (AvgIpc) is 2.15. The van der Waals surface area contributed by atoms with Crippen molar-refractivity contribution >= 4 is 27.5 Å². The predicted octanol–water partition coefficient (Wildman–Crippen LogP) is 1.92. The van der Waals surface area contributed by atoms with E-state index in [9.17, 15) is 0 Å². The number of rotatable bonds is 1. The van der Waals surface area contributed by atoms with Gasteiger partial charge in [0.2, 0.25) is 0 Å². The molecule has 0 bridgehead atoms. The summed E-state index contributed by atoms with van der Waals surface area (Å²) in [6, 6.07) is 0. The van der Waals surface area contributed by atoms with Crippen LogP contribution in [-0.2, 0) is 12.9 Å². The smallest absolute Gasteiger partial charge is 0.108 e. The van der Waals surface area contributed by atoms with Crippen LogP contribution < -0.4 is 0 Å². The van der Waals surface area contributed by atoms with Gasteiger partial charge in [-0.3, -0.25) is 4.68 Å². The Morgan fingerprint density at radius 1 is 1.89 bits per heavy atom. The molecule has 0 aliphatic rings. The summed E-state index contributed by atoms with van der Waals surface area (Å²) in [4.78, 5) is 0. The number of aromatic nitrogens is 2. The lowest BCUT2D eigenvalue weighted by Crippen LogP contribution is -1.88. The molecule has 2 nitrogen and oxygen atoms in total. The molecule has 1 aromatic heterocycles. The van der Waals surface area contributed by atoms with Gasteiger partial charge in [-0.05, 0) is 15.9 Å². The Hall–Kier alpha value is -0.0200. The highest BCUT2D eigenvalue weighted by molar-refractivity contribution is 9.10. The van der Waals surface area contributed by atoms with Crippen molar-refractivity contribution in [1.82, 2.24) is 9.78 Å². The van der Waals surface area contributed by atoms with E-state index in [4.69, 9.17) is 11.6 Å². The van der Waals surface area contributed by atoms with Crippen LogP contribution in [0.5, 0.6) is 0 Å². The van der Waals surface area contributed by atoms with Crippen molar-refractivity contribution in [3.8, 4) is 0 Å². The molecule has 0 atom stereocenters. The van der Waals surface area contributed by atoms with Gasteiger partial charge in [0.05, 0.1) is 12.1 Å². The molecule has 0 radical (unpaired) electrons. The van der Waals surface area contributed by atoms with Gasteiger partial charge < -0.3 is 0 Å². The fourth-order valence-electron chi connectivity index (χ4n) is 0.558. The molecular weight excluding hydrogens is 203 g/mol. The number of hydrogen-bond donors (Lipinski definition) is 0. The largest absolute Gasteiger partial charge is 0.261 e. The molecule has 4 heteroatoms. The number of aryl methyl sites for hydroxylation is 1. The van der Waals surface area contributed by atoms with Gasteiger partial charge in [0.25, 0.3) is 0 Å². The maximum atomic E-state index is 5.56. The van der Waals surface area contributed by atoms with E-state index in [0.717, 1.165) is 10.2 Å². The van der Waals surface area contributed by atoms with E-state index in [1.165, 1.54) is 0 Å². The third-order valence-electron chi connectivity index (χ3n) is 1.08. The molecule has 0 spiro atoms. The Bertz CT molecular complexity index is 209. The number of halogens is 2. The van der Waals surface area contributed by atoms with Crippen LogP contribution in [0.1, 0.15) is 5.56 Å². The first-order valence-corrected chi connectivity index (χ1v) is 3.81. The molecule has 1 aromatic rings. The van der Waals surface area contributed by atoms with Crippen molar-refractivity contribution in [2.75, 3.05) is 0 Å². The van der Waals surface area contributed by atoms with Crippen LogP contribution in [-0.4, -0.2) is 9.78 Å². The lowest BCUT2D eigenvalue weighted by Gasteiger charge is -1.90. The minimum atomic E-state index is 0.508. The molecule has 0 amide bonds. The molecule has 9 heavy (non-hydrogen) atoms. The van der Waals surface area contributed by atoms with Crippen molar-refractivity contribution < 1.29 is 0 Å². The van der Waals surface area contributed by atoms with Crippen LogP contribution in [0.25, 0.3) is 0 Å². The summed E-state index contributed by atoms with van der Waals surface area (Å²) in [5.41, 5.74) is 1.03. The number of alkyl halides is 1. The van der Waals surface area contributed by atoms with Crippen LogP contribution in [0.4, 0.5) is 0 Å². The summed E-state index contributed by atoms with van der Waals surface area (Å²) in [7, 11) is 1.86. The van der Waals surface area contributed by atoms with E-state index >= 15 is 0 Å². The van der Waals surface area contributed by atoms with Crippen molar-refractivity contribution in [3.63, 3.8) is 0 Å². The normalized spacial score (nSPS) is 10.1. The second-order valence-corrected chi connectivity index (χ2v) is 2.74. The minimum Gasteiger partial charge on any atom is -0.261 e. The lowest BCUT2D eigenvalue weighted by atomic mass is 10.4. The summed E-state index contributed by atoms with van der Waals surface area (Å²) in [5, 5.41) is 3.97. The van der Waals surface area contributed by atoms with Gasteiger partial charge in [-0.1, -0.05) is 0 Å². The summed E-state index contributed by atoms with van der Waals surface area (Å²) in [6.07, 6.45) is 1.75. The van der Waals surface area contributed by atoms with E-state index < -0.39 is 0 Å². The van der Waals surface area contributed by atoms with Gasteiger partial charge in [0.15, 0.2) is 0 Å². The fraction of sp³-hybridized carbons (Fsp3) is 0.400. The maximum absolute atomic E-state index is 5.56. The number of nitrogens with zero attached hydrogens (tertiary/aromatic N) is 2. The second-order valence-electron chi connectivity index (χ2n) is 1.72. The Kier molecular flexibility index (Phi) is 2.13. The zero-order valence-corrected chi connectivity index (χ0v) is 7.28. The first-order chi connectivity index (χ1) is 4.25. The van der Waals surface area contributed by atoms with E-state index in [-0.39, 0.29) is 0 Å². The molecule has 0 N–H and O–H groups in total. The molecule has 0 aliphatic carbocycles. The quantitative estimate of drug-likeness (QED) is 0.646. The molecular formula is C5H6BrClN2. The van der Waals surface area contributed by atoms with E-state index in [2.05, 4.69) is 21.0 Å². The Morgan fingerprint density at radius 2 is 2.56 bits per heavy atom. The molecule has 0 unspecified atom stereocenters. The topological polar surface area (TPSA) is 17.8 Å². The predicted molar refractivity (Wildman–Crippen MR) is 40.5 cm³/mol. The third-order valence-corrected chi connectivity index (χ3v) is 2.39. The van der Waals surface area contributed by atoms with E-state index in [1.54, 1.807) is 10.9 Å². The van der Waals surface area contributed by atoms with Crippen molar-refractivity contribution in [2.45, 2.75) is 5.88 Å². The Morgan fingerprint density at radius 3 is 2.78 bits per heavy atom. The Balaban J connectivity index is 3.04. The van der Waals surface area contributed by atoms with E-state index in [0.29, 0.717) is 5.88 Å². The molecule has 0 aromatic carbocycles. The van der Waals surface area contributed by atoms with Gasteiger partial charge in [-0.25, -0.2) is 0 Å². The third kappa shape index (κ3) is 1.27. The van der Waals surface area contributed by atoms with Crippen LogP contribution >= 0.6 is 27.5 Å². The maximum Gasteiger partial charge on any atom is 0.108 e. The van der Waals surface area contributed by atoms with Crippen LogP contribution in [0.3, 0.4) is 0 Å². The summed E-state index contributed by atoms with van der Waals surface area (Å²) in [6.45, 7) is 0. The van der Waals surface area contributed by atoms with Gasteiger partial charge in [-0.2, -0.15) is 5.10 Å². The highest BCUT2D eigenvalue weighted by Crippen LogP contribution is 2.16. The standard InChI is InChI=1S/C5H6BrClN2/c1-9-5(6)4(2-7)3-8-9/h3H,2H2,1H3. The van der Waals surface area contributed by atoms with Crippen LogP contribution in [0.15, 0.2) is 10.8 Å². The molecule has 1 rings (SSSR count). The zero-order valence-electron chi connectivity index (χ0n) is 4.93. The van der Waals surface area contributed by atoms with Gasteiger partial charge >= 0.3 is 0 Å². The Labute approximate surface area is 66.9 Å². The van der Waals surface area contributed by atoms with Gasteiger partial charge in [-0.15, -0.1) is 11.6 Å². The first-order valence-electron chi connectivity index (χ1n) is 2.48. The fourth-order valence-corrected chi connectivity index (χ4v) is 1.25. The molecule has 0 saturated heterocycles. The van der Waals surface area contributed by atoms with Crippen molar-refractivity contribution in [1.29, 1.82) is 0 Å². The molecule has 0 fully saturated rings. The van der Waals surface area contributed by atoms with Gasteiger partial charge in [0.1, 0.15) is 4.60 Å². The minimum absolute atomic E-state index is 0.508. The monoisotopic (exact) mass is 208 g/mol. The lowest BCUT2D eigenvalue weighted by molar-refractivity contribution is 0.749. The summed E-state index contributed by atoms with van der Waals surface area (Å²) >= 11 is 8.89. The highest BCUT2D eigenvalue weighted by atomic mass is 79.9. The van der Waals surface area contributed by atoms with Crippen molar-refractivity contribution in [2.24, 2.45) is 7.05 Å². The summed E-state index contributed by atoms with van der Waals surface area (Å²) < 4.78 is 2.69. The zero-order chi connectivity index (χ0) is 6.85. The SMILES string of the molecule is Cn1ncc(CCl)c1Br. The average molecular weight is 209 g/mol. The van der Waals surface area contributed by atoms with Crippen LogP contribution in [0.2, 0.25) is 0 Å². The molecule has 0 saturated carbocycles. The molecule has 0 aliphatic heterocycles. The first kappa shape index (κ1) is 7.09. The summed E-state index contributed by atoms with van der Waals surface area (Å²) in [5.74, 6) is 0.508. The second kappa shape index (κ2) is 2.71. The van der Waals surface area contributed by atoms with Crippen LogP contribution in [0, 0.1) is 0 Å². The van der Waals surface area contributed by atoms with Crippen molar-refractivity contribution in [3.05, 3.63) is 16.4 Å². The number of hydrogen-bond acceptors (Lipinski definition) is 1. The highest BCUT2D eigenvalue weighted by Gasteiger charge is 2.01. The van der Waals surface area contributed by atoms with E-state index in [1.807, 2.05) is 7.05 Å². The van der Waals surface area contributed by atoms with Gasteiger partial charge in [0, 0.05) is 12.6 Å². The molecule has 1 heterocycles.